The summed E-state index contributed by atoms with van der Waals surface area (Å²) in [6, 6.07) is 10.6. The Hall–Kier alpha value is -3.52. The third-order valence-electron chi connectivity index (χ3n) is 5.60. The first-order valence-corrected chi connectivity index (χ1v) is 11.7. The summed E-state index contributed by atoms with van der Waals surface area (Å²) < 4.78 is 16.3. The number of phenols is 1. The first-order chi connectivity index (χ1) is 16.8. The van der Waals surface area contributed by atoms with Crippen molar-refractivity contribution in [2.45, 2.75) is 33.2 Å². The molecule has 8 heteroatoms. The number of benzene rings is 2. The lowest BCUT2D eigenvalue weighted by atomic mass is 9.95. The Kier molecular flexibility index (Phi) is 8.76. The van der Waals surface area contributed by atoms with E-state index < -0.39 is 17.7 Å². The second kappa shape index (κ2) is 11.8. The quantitative estimate of drug-likeness (QED) is 0.213. The number of Topliss-reactive ketones (excluding diaryl/α,β-unsaturated/α-hetero) is 1. The van der Waals surface area contributed by atoms with E-state index in [0.717, 1.165) is 0 Å². The molecule has 0 aliphatic carbocycles. The van der Waals surface area contributed by atoms with Gasteiger partial charge in [-0.3, -0.25) is 9.59 Å². The number of hydrogen-bond acceptors (Lipinski definition) is 7. The summed E-state index contributed by atoms with van der Waals surface area (Å²) in [5.74, 6) is -0.547. The molecule has 3 rings (SSSR count). The van der Waals surface area contributed by atoms with Gasteiger partial charge in [0.2, 0.25) is 0 Å². The molecule has 1 saturated heterocycles. The van der Waals surface area contributed by atoms with Crippen molar-refractivity contribution in [2.24, 2.45) is 5.92 Å². The van der Waals surface area contributed by atoms with Gasteiger partial charge in [0.05, 0.1) is 24.8 Å². The van der Waals surface area contributed by atoms with Gasteiger partial charge in [-0.25, -0.2) is 0 Å². The Balaban J connectivity index is 2.06. The molecule has 0 spiro atoms. The Morgan fingerprint density at radius 3 is 2.43 bits per heavy atom. The van der Waals surface area contributed by atoms with Gasteiger partial charge in [0.15, 0.2) is 11.5 Å². The van der Waals surface area contributed by atoms with Crippen molar-refractivity contribution in [3.63, 3.8) is 0 Å². The number of hydrogen-bond donors (Lipinski definition) is 2. The highest BCUT2D eigenvalue weighted by atomic mass is 16.5. The van der Waals surface area contributed by atoms with Crippen molar-refractivity contribution < 1.29 is 34.0 Å². The van der Waals surface area contributed by atoms with Crippen LogP contribution in [-0.2, 0) is 14.3 Å². The average Bonchev–Trinajstić information content (AvgIpc) is 3.09. The van der Waals surface area contributed by atoms with E-state index in [-0.39, 0.29) is 29.4 Å². The molecular formula is C27H33NO7. The van der Waals surface area contributed by atoms with Gasteiger partial charge in [0.1, 0.15) is 11.5 Å². The van der Waals surface area contributed by atoms with Crippen LogP contribution in [0.1, 0.15) is 44.4 Å². The number of nitrogens with zero attached hydrogens (tertiary/aromatic N) is 1. The van der Waals surface area contributed by atoms with Crippen molar-refractivity contribution in [1.29, 1.82) is 0 Å². The fourth-order valence-electron chi connectivity index (χ4n) is 3.94. The molecule has 0 radical (unpaired) electrons. The van der Waals surface area contributed by atoms with E-state index in [4.69, 9.17) is 14.2 Å². The third-order valence-corrected chi connectivity index (χ3v) is 5.60. The summed E-state index contributed by atoms with van der Waals surface area (Å²) in [6.45, 7) is 7.44. The van der Waals surface area contributed by atoms with Crippen LogP contribution in [0.4, 0.5) is 0 Å². The lowest BCUT2D eigenvalue weighted by Crippen LogP contribution is -2.31. The third kappa shape index (κ3) is 5.95. The molecule has 188 valence electrons. The summed E-state index contributed by atoms with van der Waals surface area (Å²) >= 11 is 0. The lowest BCUT2D eigenvalue weighted by molar-refractivity contribution is -0.140. The van der Waals surface area contributed by atoms with E-state index in [0.29, 0.717) is 49.0 Å². The molecule has 1 aliphatic heterocycles. The lowest BCUT2D eigenvalue weighted by Gasteiger charge is -2.25. The topological polar surface area (TPSA) is 106 Å². The number of amides is 1. The molecule has 0 saturated carbocycles. The number of carbonyl (C=O) groups excluding carboxylic acids is 2. The summed E-state index contributed by atoms with van der Waals surface area (Å²) in [6.07, 6.45) is 0.512. The van der Waals surface area contributed by atoms with Gasteiger partial charge < -0.3 is 29.3 Å². The molecule has 8 nitrogen and oxygen atoms in total. The number of methoxy groups -OCH3 is 1. The molecular weight excluding hydrogens is 450 g/mol. The predicted octanol–water partition coefficient (Wildman–Crippen LogP) is 4.28. The van der Waals surface area contributed by atoms with Crippen molar-refractivity contribution in [3.8, 4) is 17.2 Å². The first-order valence-electron chi connectivity index (χ1n) is 11.7. The number of rotatable bonds is 11. The van der Waals surface area contributed by atoms with Gasteiger partial charge in [-0.2, -0.15) is 0 Å². The van der Waals surface area contributed by atoms with Gasteiger partial charge in [-0.05, 0) is 61.2 Å². The van der Waals surface area contributed by atoms with E-state index in [2.05, 4.69) is 0 Å². The molecule has 1 heterocycles. The second-order valence-corrected chi connectivity index (χ2v) is 8.73. The number of aliphatic hydroxyl groups is 1. The van der Waals surface area contributed by atoms with Crippen LogP contribution in [0.25, 0.3) is 5.76 Å². The van der Waals surface area contributed by atoms with E-state index in [1.54, 1.807) is 50.4 Å². The zero-order valence-corrected chi connectivity index (χ0v) is 20.6. The summed E-state index contributed by atoms with van der Waals surface area (Å²) in [4.78, 5) is 27.5. The number of likely N-dealkylation sites (tertiary alicyclic amines) is 1. The molecule has 2 N–H and O–H groups in total. The number of phenolic OH excluding ortho intramolecular Hbond substituents is 1. The molecule has 1 amide bonds. The second-order valence-electron chi connectivity index (χ2n) is 8.73. The van der Waals surface area contributed by atoms with Crippen LogP contribution in [0.2, 0.25) is 0 Å². The van der Waals surface area contributed by atoms with Crippen LogP contribution < -0.4 is 9.47 Å². The van der Waals surface area contributed by atoms with E-state index in [9.17, 15) is 19.8 Å². The minimum Gasteiger partial charge on any atom is -0.507 e. The Morgan fingerprint density at radius 2 is 1.80 bits per heavy atom. The predicted molar refractivity (Wildman–Crippen MR) is 132 cm³/mol. The molecule has 2 aromatic rings. The molecule has 35 heavy (non-hydrogen) atoms. The SMILES string of the molecule is CCOc1cc(C2/C(=C(/O)c3ccc(OCC(C)C)cc3)C(=O)C(=O)N2CCCOC)ccc1O. The summed E-state index contributed by atoms with van der Waals surface area (Å²) in [7, 11) is 1.56. The fraction of sp³-hybridized carbons (Fsp3) is 0.407. The van der Waals surface area contributed by atoms with Crippen LogP contribution >= 0.6 is 0 Å². The maximum Gasteiger partial charge on any atom is 0.295 e. The maximum absolute atomic E-state index is 13.1. The zero-order valence-electron chi connectivity index (χ0n) is 20.6. The largest absolute Gasteiger partial charge is 0.507 e. The molecule has 1 unspecified atom stereocenters. The minimum atomic E-state index is -0.844. The monoisotopic (exact) mass is 483 g/mol. The molecule has 0 bridgehead atoms. The average molecular weight is 484 g/mol. The molecule has 0 aromatic heterocycles. The fourth-order valence-corrected chi connectivity index (χ4v) is 3.94. The van der Waals surface area contributed by atoms with Gasteiger partial charge in [-0.1, -0.05) is 19.9 Å². The molecule has 1 aliphatic rings. The number of aliphatic hydroxyl groups excluding tert-OH is 1. The highest BCUT2D eigenvalue weighted by molar-refractivity contribution is 6.46. The number of ether oxygens (including phenoxy) is 3. The zero-order chi connectivity index (χ0) is 25.5. The maximum atomic E-state index is 13.1. The number of ketones is 1. The summed E-state index contributed by atoms with van der Waals surface area (Å²) in [5, 5.41) is 21.3. The molecule has 1 atom stereocenters. The van der Waals surface area contributed by atoms with Gasteiger partial charge in [0.25, 0.3) is 11.7 Å². The van der Waals surface area contributed by atoms with Crippen molar-refractivity contribution in [1.82, 2.24) is 4.90 Å². The van der Waals surface area contributed by atoms with E-state index in [1.807, 2.05) is 13.8 Å². The Morgan fingerprint density at radius 1 is 1.09 bits per heavy atom. The van der Waals surface area contributed by atoms with Gasteiger partial charge in [-0.15, -0.1) is 0 Å². The Labute approximate surface area is 205 Å². The Bertz CT molecular complexity index is 1080. The minimum absolute atomic E-state index is 0.0172. The number of carbonyl (C=O) groups is 2. The van der Waals surface area contributed by atoms with Crippen LogP contribution in [0, 0.1) is 5.92 Å². The van der Waals surface area contributed by atoms with Gasteiger partial charge in [0, 0.05) is 25.8 Å². The van der Waals surface area contributed by atoms with Crippen LogP contribution in [0.5, 0.6) is 17.2 Å². The molecule has 1 fully saturated rings. The normalized spacial score (nSPS) is 17.3. The van der Waals surface area contributed by atoms with Crippen molar-refractivity contribution >= 4 is 17.4 Å². The van der Waals surface area contributed by atoms with Crippen LogP contribution in [0.3, 0.4) is 0 Å². The van der Waals surface area contributed by atoms with Gasteiger partial charge >= 0.3 is 0 Å². The molecule has 2 aromatic carbocycles. The van der Waals surface area contributed by atoms with E-state index in [1.165, 1.54) is 11.0 Å². The van der Waals surface area contributed by atoms with E-state index >= 15 is 0 Å². The smallest absolute Gasteiger partial charge is 0.295 e. The highest BCUT2D eigenvalue weighted by Crippen LogP contribution is 2.42. The van der Waals surface area contributed by atoms with Crippen LogP contribution in [0.15, 0.2) is 48.0 Å². The van der Waals surface area contributed by atoms with Crippen LogP contribution in [-0.4, -0.2) is 60.3 Å². The highest BCUT2D eigenvalue weighted by Gasteiger charge is 2.46. The van der Waals surface area contributed by atoms with Crippen molar-refractivity contribution in [2.75, 3.05) is 33.5 Å². The summed E-state index contributed by atoms with van der Waals surface area (Å²) in [5.41, 5.74) is 0.920. The van der Waals surface area contributed by atoms with Crippen molar-refractivity contribution in [3.05, 3.63) is 59.2 Å². The standard InChI is InChI=1S/C27H33NO7/c1-5-34-22-15-19(9-12-21(22)29)24-23(26(31)27(32)28(24)13-6-14-33-4)25(30)18-7-10-20(11-8-18)35-16-17(2)3/h7-12,15,17,24,29-30H,5-6,13-14,16H2,1-4H3/b25-23-. The first kappa shape index (κ1) is 26.1. The number of aromatic hydroxyl groups is 1.